The highest BCUT2D eigenvalue weighted by Crippen LogP contribution is 2.14. The van der Waals surface area contributed by atoms with E-state index in [-0.39, 0.29) is 24.7 Å². The molecule has 5 nitrogen and oxygen atoms in total. The van der Waals surface area contributed by atoms with Gasteiger partial charge in [-0.3, -0.25) is 9.59 Å². The van der Waals surface area contributed by atoms with Crippen LogP contribution in [0.5, 0.6) is 0 Å². The summed E-state index contributed by atoms with van der Waals surface area (Å²) in [5, 5.41) is 13.9. The van der Waals surface area contributed by atoms with Crippen molar-refractivity contribution in [1.29, 1.82) is 5.26 Å². The van der Waals surface area contributed by atoms with E-state index in [2.05, 4.69) is 26.6 Å². The Bertz CT molecular complexity index is 784. The monoisotopic (exact) mass is 385 g/mol. The first kappa shape index (κ1) is 17.7. The minimum atomic E-state index is -0.318. The summed E-state index contributed by atoms with van der Waals surface area (Å²) < 4.78 is 0.933. The maximum atomic E-state index is 12.1. The fourth-order valence-electron chi connectivity index (χ4n) is 2.13. The molecule has 0 saturated heterocycles. The molecule has 2 N–H and O–H groups in total. The molecule has 2 rings (SSSR count). The second kappa shape index (κ2) is 8.85. The summed E-state index contributed by atoms with van der Waals surface area (Å²) in [6, 6.07) is 16.6. The van der Waals surface area contributed by atoms with Gasteiger partial charge in [-0.15, -0.1) is 0 Å². The number of hydrogen-bond acceptors (Lipinski definition) is 3. The first-order valence-corrected chi connectivity index (χ1v) is 8.13. The first-order valence-electron chi connectivity index (χ1n) is 7.33. The van der Waals surface area contributed by atoms with E-state index in [1.165, 1.54) is 0 Å². The zero-order valence-corrected chi connectivity index (χ0v) is 14.5. The molecule has 0 aromatic heterocycles. The van der Waals surface area contributed by atoms with E-state index in [1.807, 2.05) is 30.3 Å². The van der Waals surface area contributed by atoms with Crippen LogP contribution >= 0.6 is 15.9 Å². The summed E-state index contributed by atoms with van der Waals surface area (Å²) in [4.78, 5) is 23.4. The topological polar surface area (TPSA) is 82.0 Å². The number of nitriles is 1. The number of hydrogen-bond donors (Lipinski definition) is 2. The van der Waals surface area contributed by atoms with Crippen molar-refractivity contribution < 1.29 is 9.59 Å². The van der Waals surface area contributed by atoms with E-state index in [0.717, 1.165) is 15.6 Å². The average molecular weight is 386 g/mol. The molecule has 0 fully saturated rings. The molecule has 0 spiro atoms. The Balaban J connectivity index is 1.92. The number of rotatable bonds is 6. The minimum Gasteiger partial charge on any atom is -0.351 e. The zero-order valence-electron chi connectivity index (χ0n) is 12.9. The van der Waals surface area contributed by atoms with Crippen molar-refractivity contribution in [2.45, 2.75) is 19.4 Å². The van der Waals surface area contributed by atoms with Crippen LogP contribution in [0, 0.1) is 11.3 Å². The molecule has 0 heterocycles. The second-order valence-corrected chi connectivity index (χ2v) is 6.08. The molecule has 0 bridgehead atoms. The van der Waals surface area contributed by atoms with Gasteiger partial charge in [-0.25, -0.2) is 0 Å². The molecule has 122 valence electrons. The standard InChI is InChI=1S/C18H16BrN3O2/c19-15-5-1-3-13(9-15)11-18(24)22-16-6-2-4-14(10-16)12-21-17(23)7-8-20/h1-6,9-10H,7,11-12H2,(H,21,23)(H,22,24). The van der Waals surface area contributed by atoms with Crippen molar-refractivity contribution in [2.75, 3.05) is 5.32 Å². The predicted molar refractivity (Wildman–Crippen MR) is 95.0 cm³/mol. The van der Waals surface area contributed by atoms with Crippen LogP contribution in [0.25, 0.3) is 0 Å². The average Bonchev–Trinajstić information content (AvgIpc) is 2.53. The van der Waals surface area contributed by atoms with Crippen LogP contribution in [0.4, 0.5) is 5.69 Å². The Labute approximate surface area is 148 Å². The first-order chi connectivity index (χ1) is 11.6. The summed E-state index contributed by atoms with van der Waals surface area (Å²) in [5.41, 5.74) is 2.44. The van der Waals surface area contributed by atoms with Gasteiger partial charge in [0.2, 0.25) is 11.8 Å². The van der Waals surface area contributed by atoms with Gasteiger partial charge in [0.15, 0.2) is 0 Å². The molecule has 0 radical (unpaired) electrons. The minimum absolute atomic E-state index is 0.112. The van der Waals surface area contributed by atoms with Gasteiger partial charge in [0.1, 0.15) is 6.42 Å². The molecule has 0 unspecified atom stereocenters. The van der Waals surface area contributed by atoms with Crippen LogP contribution in [0.3, 0.4) is 0 Å². The summed E-state index contributed by atoms with van der Waals surface area (Å²) in [6.07, 6.45) is 0.117. The van der Waals surface area contributed by atoms with Crippen molar-refractivity contribution >= 4 is 33.4 Å². The maximum Gasteiger partial charge on any atom is 0.234 e. The molecular weight excluding hydrogens is 370 g/mol. The largest absolute Gasteiger partial charge is 0.351 e. The van der Waals surface area contributed by atoms with Crippen molar-refractivity contribution in [3.05, 3.63) is 64.1 Å². The Morgan fingerprint density at radius 1 is 1.04 bits per heavy atom. The molecule has 0 aliphatic rings. The van der Waals surface area contributed by atoms with Crippen LogP contribution in [0.1, 0.15) is 17.5 Å². The third-order valence-electron chi connectivity index (χ3n) is 3.19. The van der Waals surface area contributed by atoms with E-state index in [0.29, 0.717) is 12.2 Å². The highest BCUT2D eigenvalue weighted by atomic mass is 79.9. The Morgan fingerprint density at radius 2 is 1.79 bits per heavy atom. The number of benzene rings is 2. The number of halogens is 1. The van der Waals surface area contributed by atoms with Gasteiger partial charge in [-0.05, 0) is 35.4 Å². The lowest BCUT2D eigenvalue weighted by atomic mass is 10.1. The fourth-order valence-corrected chi connectivity index (χ4v) is 2.58. The van der Waals surface area contributed by atoms with Gasteiger partial charge < -0.3 is 10.6 Å². The SMILES string of the molecule is N#CCC(=O)NCc1cccc(NC(=O)Cc2cccc(Br)c2)c1. The number of anilines is 1. The molecule has 2 aromatic rings. The molecular formula is C18H16BrN3O2. The molecule has 0 aliphatic heterocycles. The van der Waals surface area contributed by atoms with Gasteiger partial charge in [-0.1, -0.05) is 40.2 Å². The quantitative estimate of drug-likeness (QED) is 0.800. The normalized spacial score (nSPS) is 9.83. The lowest BCUT2D eigenvalue weighted by Gasteiger charge is -2.08. The van der Waals surface area contributed by atoms with Crippen LogP contribution in [-0.2, 0) is 22.6 Å². The summed E-state index contributed by atoms with van der Waals surface area (Å²) >= 11 is 3.38. The Kier molecular flexibility index (Phi) is 6.52. The van der Waals surface area contributed by atoms with E-state index >= 15 is 0 Å². The number of nitrogens with one attached hydrogen (secondary N) is 2. The van der Waals surface area contributed by atoms with E-state index in [4.69, 9.17) is 5.26 Å². The van der Waals surface area contributed by atoms with E-state index in [9.17, 15) is 9.59 Å². The number of carbonyl (C=O) groups excluding carboxylic acids is 2. The summed E-state index contributed by atoms with van der Waals surface area (Å²) in [7, 11) is 0. The molecule has 2 aromatic carbocycles. The maximum absolute atomic E-state index is 12.1. The van der Waals surface area contributed by atoms with Gasteiger partial charge in [-0.2, -0.15) is 5.26 Å². The lowest BCUT2D eigenvalue weighted by molar-refractivity contribution is -0.120. The zero-order chi connectivity index (χ0) is 17.4. The smallest absolute Gasteiger partial charge is 0.234 e. The van der Waals surface area contributed by atoms with Gasteiger partial charge in [0.25, 0.3) is 0 Å². The molecule has 0 atom stereocenters. The summed E-state index contributed by atoms with van der Waals surface area (Å²) in [5.74, 6) is -0.430. The third kappa shape index (κ3) is 5.86. The molecule has 2 amide bonds. The van der Waals surface area contributed by atoms with E-state index in [1.54, 1.807) is 24.3 Å². The van der Waals surface area contributed by atoms with Gasteiger partial charge in [0.05, 0.1) is 12.5 Å². The Morgan fingerprint density at radius 3 is 2.54 bits per heavy atom. The molecule has 24 heavy (non-hydrogen) atoms. The van der Waals surface area contributed by atoms with Crippen LogP contribution in [0.15, 0.2) is 53.0 Å². The lowest BCUT2D eigenvalue weighted by Crippen LogP contribution is -2.22. The van der Waals surface area contributed by atoms with Crippen molar-refractivity contribution in [2.24, 2.45) is 0 Å². The molecule has 0 aliphatic carbocycles. The second-order valence-electron chi connectivity index (χ2n) is 5.17. The third-order valence-corrected chi connectivity index (χ3v) is 3.69. The van der Waals surface area contributed by atoms with Crippen molar-refractivity contribution in [3.8, 4) is 6.07 Å². The number of nitrogens with zero attached hydrogens (tertiary/aromatic N) is 1. The number of amides is 2. The molecule has 6 heteroatoms. The highest BCUT2D eigenvalue weighted by Gasteiger charge is 2.06. The van der Waals surface area contributed by atoms with Crippen LogP contribution < -0.4 is 10.6 Å². The van der Waals surface area contributed by atoms with Crippen molar-refractivity contribution in [3.63, 3.8) is 0 Å². The Hall–Kier alpha value is -2.65. The predicted octanol–water partition coefficient (Wildman–Crippen LogP) is 3.16. The number of carbonyl (C=O) groups is 2. The van der Waals surface area contributed by atoms with Crippen LogP contribution in [-0.4, -0.2) is 11.8 Å². The summed E-state index contributed by atoms with van der Waals surface area (Å²) in [6.45, 7) is 0.315. The fraction of sp³-hybridized carbons (Fsp3) is 0.167. The highest BCUT2D eigenvalue weighted by molar-refractivity contribution is 9.10. The van der Waals surface area contributed by atoms with Gasteiger partial charge >= 0.3 is 0 Å². The van der Waals surface area contributed by atoms with E-state index < -0.39 is 0 Å². The van der Waals surface area contributed by atoms with Crippen molar-refractivity contribution in [1.82, 2.24) is 5.32 Å². The van der Waals surface area contributed by atoms with Gasteiger partial charge in [0, 0.05) is 16.7 Å². The van der Waals surface area contributed by atoms with Crippen LogP contribution in [0.2, 0.25) is 0 Å². The molecule has 0 saturated carbocycles.